The highest BCUT2D eigenvalue weighted by Crippen LogP contribution is 2.24. The Kier molecular flexibility index (Phi) is 4.17. The fraction of sp³-hybridized carbons (Fsp3) is 0.500. The van der Waals surface area contributed by atoms with E-state index in [1.54, 1.807) is 6.07 Å². The van der Waals surface area contributed by atoms with Gasteiger partial charge < -0.3 is 14.2 Å². The van der Waals surface area contributed by atoms with E-state index in [1.807, 2.05) is 13.8 Å². The van der Waals surface area contributed by atoms with Gasteiger partial charge in [0.25, 0.3) is 0 Å². The molecule has 0 amide bonds. The van der Waals surface area contributed by atoms with Crippen LogP contribution in [0.4, 0.5) is 4.39 Å². The maximum absolute atomic E-state index is 13.3. The second-order valence-electron chi connectivity index (χ2n) is 4.86. The van der Waals surface area contributed by atoms with Crippen molar-refractivity contribution in [2.24, 2.45) is 0 Å². The van der Waals surface area contributed by atoms with Crippen LogP contribution in [0.3, 0.4) is 0 Å². The molecule has 1 fully saturated rings. The van der Waals surface area contributed by atoms with Gasteiger partial charge in [-0.15, -0.1) is 0 Å². The zero-order chi connectivity index (χ0) is 13.9. The quantitative estimate of drug-likeness (QED) is 0.787. The first-order valence-electron chi connectivity index (χ1n) is 6.21. The minimum atomic E-state index is -0.656. The van der Waals surface area contributed by atoms with Gasteiger partial charge in [0.05, 0.1) is 24.9 Å². The Morgan fingerprint density at radius 2 is 2.21 bits per heavy atom. The topological polar surface area (TPSA) is 44.8 Å². The molecule has 2 rings (SSSR count). The van der Waals surface area contributed by atoms with Crippen molar-refractivity contribution in [2.45, 2.75) is 32.2 Å². The minimum absolute atomic E-state index is 0.0496. The van der Waals surface area contributed by atoms with Crippen molar-refractivity contribution < 1.29 is 23.4 Å². The van der Waals surface area contributed by atoms with E-state index in [0.717, 1.165) is 0 Å². The summed E-state index contributed by atoms with van der Waals surface area (Å²) in [6.45, 7) is 4.32. The molecule has 5 heteroatoms. The fourth-order valence-corrected chi connectivity index (χ4v) is 1.89. The fourth-order valence-electron chi connectivity index (χ4n) is 1.89. The van der Waals surface area contributed by atoms with Crippen LogP contribution in [0.25, 0.3) is 0 Å². The zero-order valence-corrected chi connectivity index (χ0v) is 11.0. The van der Waals surface area contributed by atoms with Crippen molar-refractivity contribution in [2.75, 3.05) is 13.2 Å². The molecule has 1 aromatic rings. The number of esters is 1. The second-order valence-corrected chi connectivity index (χ2v) is 4.86. The van der Waals surface area contributed by atoms with Crippen LogP contribution in [0, 0.1) is 5.82 Å². The van der Waals surface area contributed by atoms with Crippen LogP contribution in [0.5, 0.6) is 0 Å². The van der Waals surface area contributed by atoms with Crippen LogP contribution < -0.4 is 0 Å². The molecule has 0 radical (unpaired) electrons. The normalized spacial score (nSPS) is 21.3. The third-order valence-electron chi connectivity index (χ3n) is 2.83. The zero-order valence-electron chi connectivity index (χ0n) is 11.0. The van der Waals surface area contributed by atoms with E-state index >= 15 is 0 Å². The largest absolute Gasteiger partial charge is 0.462 e. The third-order valence-corrected chi connectivity index (χ3v) is 2.83. The van der Waals surface area contributed by atoms with Crippen molar-refractivity contribution in [3.63, 3.8) is 0 Å². The van der Waals surface area contributed by atoms with Gasteiger partial charge in [0.15, 0.2) is 5.79 Å². The molecule has 0 aromatic heterocycles. The summed E-state index contributed by atoms with van der Waals surface area (Å²) in [7, 11) is 0. The van der Waals surface area contributed by atoms with Gasteiger partial charge in [0.1, 0.15) is 5.82 Å². The molecule has 0 spiro atoms. The smallest absolute Gasteiger partial charge is 0.341 e. The molecule has 1 heterocycles. The van der Waals surface area contributed by atoms with Crippen LogP contribution in [-0.4, -0.2) is 31.1 Å². The highest BCUT2D eigenvalue weighted by molar-refractivity contribution is 5.89. The Balaban J connectivity index is 1.78. The predicted octanol–water partition coefficient (Wildman–Crippen LogP) is 2.52. The monoisotopic (exact) mass is 268 g/mol. The van der Waals surface area contributed by atoms with Crippen LogP contribution in [-0.2, 0) is 14.2 Å². The van der Waals surface area contributed by atoms with E-state index in [0.29, 0.717) is 13.0 Å². The molecular weight excluding hydrogens is 251 g/mol. The van der Waals surface area contributed by atoms with Gasteiger partial charge in [-0.3, -0.25) is 0 Å². The Labute approximate surface area is 111 Å². The summed E-state index contributed by atoms with van der Waals surface area (Å²) in [5.74, 6) is -1.81. The lowest BCUT2D eigenvalue weighted by Gasteiger charge is -2.16. The first-order chi connectivity index (χ1) is 8.98. The van der Waals surface area contributed by atoms with Gasteiger partial charge in [-0.2, -0.15) is 0 Å². The molecule has 0 bridgehead atoms. The molecule has 1 aliphatic heterocycles. The lowest BCUT2D eigenvalue weighted by atomic mass is 10.2. The standard InChI is InChI=1S/C14H17FO4/c1-14(2)18-9-10(19-14)7-8-17-13(16)11-5-3-4-6-12(11)15/h3-6,10H,7-9H2,1-2H3. The number of hydrogen-bond donors (Lipinski definition) is 0. The molecule has 104 valence electrons. The van der Waals surface area contributed by atoms with Crippen molar-refractivity contribution in [1.82, 2.24) is 0 Å². The van der Waals surface area contributed by atoms with Gasteiger partial charge >= 0.3 is 5.97 Å². The van der Waals surface area contributed by atoms with Crippen LogP contribution in [0.2, 0.25) is 0 Å². The summed E-state index contributed by atoms with van der Waals surface area (Å²) in [5, 5.41) is 0. The van der Waals surface area contributed by atoms with Gasteiger partial charge in [0.2, 0.25) is 0 Å². The van der Waals surface area contributed by atoms with Crippen LogP contribution >= 0.6 is 0 Å². The molecule has 1 atom stereocenters. The summed E-state index contributed by atoms with van der Waals surface area (Å²) in [6.07, 6.45) is 0.437. The molecule has 1 aliphatic rings. The molecule has 0 saturated carbocycles. The van der Waals surface area contributed by atoms with E-state index < -0.39 is 17.6 Å². The SMILES string of the molecule is CC1(C)OCC(CCOC(=O)c2ccccc2F)O1. The third kappa shape index (κ3) is 3.75. The predicted molar refractivity (Wildman–Crippen MR) is 66.2 cm³/mol. The average Bonchev–Trinajstić information content (AvgIpc) is 2.69. The number of rotatable bonds is 4. The Morgan fingerprint density at radius 3 is 2.84 bits per heavy atom. The maximum atomic E-state index is 13.3. The Hall–Kier alpha value is -1.46. The maximum Gasteiger partial charge on any atom is 0.341 e. The summed E-state index contributed by atoms with van der Waals surface area (Å²) in [5.41, 5.74) is -0.0496. The lowest BCUT2D eigenvalue weighted by Crippen LogP contribution is -2.22. The molecule has 0 aliphatic carbocycles. The molecule has 0 N–H and O–H groups in total. The molecule has 1 saturated heterocycles. The number of ether oxygens (including phenoxy) is 3. The first kappa shape index (κ1) is 14.0. The second kappa shape index (κ2) is 5.67. The Morgan fingerprint density at radius 1 is 1.47 bits per heavy atom. The van der Waals surface area contributed by atoms with E-state index in [-0.39, 0.29) is 18.3 Å². The van der Waals surface area contributed by atoms with E-state index in [4.69, 9.17) is 14.2 Å². The summed E-state index contributed by atoms with van der Waals surface area (Å²) in [6, 6.07) is 5.75. The molecule has 4 nitrogen and oxygen atoms in total. The van der Waals surface area contributed by atoms with Crippen LogP contribution in [0.1, 0.15) is 30.6 Å². The lowest BCUT2D eigenvalue weighted by molar-refractivity contribution is -0.139. The van der Waals surface area contributed by atoms with Crippen molar-refractivity contribution in [3.8, 4) is 0 Å². The highest BCUT2D eigenvalue weighted by atomic mass is 19.1. The number of halogens is 1. The van der Waals surface area contributed by atoms with Gasteiger partial charge in [0, 0.05) is 6.42 Å². The minimum Gasteiger partial charge on any atom is -0.462 e. The van der Waals surface area contributed by atoms with E-state index in [1.165, 1.54) is 18.2 Å². The summed E-state index contributed by atoms with van der Waals surface area (Å²) >= 11 is 0. The van der Waals surface area contributed by atoms with Crippen molar-refractivity contribution >= 4 is 5.97 Å². The van der Waals surface area contributed by atoms with Crippen LogP contribution in [0.15, 0.2) is 24.3 Å². The Bertz CT molecular complexity index is 459. The average molecular weight is 268 g/mol. The number of hydrogen-bond acceptors (Lipinski definition) is 4. The number of benzene rings is 1. The number of carbonyl (C=O) groups is 1. The summed E-state index contributed by atoms with van der Waals surface area (Å²) < 4.78 is 29.3. The highest BCUT2D eigenvalue weighted by Gasteiger charge is 2.32. The van der Waals surface area contributed by atoms with Crippen molar-refractivity contribution in [3.05, 3.63) is 35.6 Å². The van der Waals surface area contributed by atoms with Gasteiger partial charge in [-0.05, 0) is 26.0 Å². The van der Waals surface area contributed by atoms with E-state index in [2.05, 4.69) is 0 Å². The molecule has 1 aromatic carbocycles. The molecular formula is C14H17FO4. The molecule has 1 unspecified atom stereocenters. The number of carbonyl (C=O) groups excluding carboxylic acids is 1. The molecule has 19 heavy (non-hydrogen) atoms. The summed E-state index contributed by atoms with van der Waals surface area (Å²) in [4.78, 5) is 11.6. The van der Waals surface area contributed by atoms with Gasteiger partial charge in [-0.25, -0.2) is 9.18 Å². The van der Waals surface area contributed by atoms with E-state index in [9.17, 15) is 9.18 Å². The van der Waals surface area contributed by atoms with Gasteiger partial charge in [-0.1, -0.05) is 12.1 Å². The van der Waals surface area contributed by atoms with Crippen molar-refractivity contribution in [1.29, 1.82) is 0 Å². The first-order valence-corrected chi connectivity index (χ1v) is 6.21.